The monoisotopic (exact) mass is 255 g/mol. The Kier molecular flexibility index (Phi) is 5.09. The highest BCUT2D eigenvalue weighted by Gasteiger charge is 2.15. The van der Waals surface area contributed by atoms with Crippen LogP contribution >= 0.6 is 0 Å². The van der Waals surface area contributed by atoms with Gasteiger partial charge in [-0.1, -0.05) is 13.8 Å². The number of hydrogen-bond donors (Lipinski definition) is 2. The molecule has 0 radical (unpaired) electrons. The molecule has 0 aliphatic heterocycles. The summed E-state index contributed by atoms with van der Waals surface area (Å²) in [7, 11) is 0. The van der Waals surface area contributed by atoms with Crippen LogP contribution in [0.5, 0.6) is 5.75 Å². The molecule has 1 unspecified atom stereocenters. The maximum Gasteiger partial charge on any atom is 0.307 e. The molecule has 0 saturated carbocycles. The number of rotatable bonds is 6. The number of phenols is 1. The van der Waals surface area contributed by atoms with Gasteiger partial charge in [-0.15, -0.1) is 0 Å². The Morgan fingerprint density at radius 2 is 2.11 bits per heavy atom. The first-order chi connectivity index (χ1) is 8.42. The number of phenolic OH excluding ortho intramolecular Hbond substituents is 1. The average Bonchev–Trinajstić information content (AvgIpc) is 2.26. The highest BCUT2D eigenvalue weighted by Crippen LogP contribution is 2.16. The minimum absolute atomic E-state index is 0.118. The Bertz CT molecular complexity index is 402. The van der Waals surface area contributed by atoms with Crippen LogP contribution in [0.4, 0.5) is 4.39 Å². The third kappa shape index (κ3) is 4.33. The van der Waals surface area contributed by atoms with E-state index >= 15 is 0 Å². The molecule has 0 heterocycles. The fraction of sp³-hybridized carbons (Fsp3) is 0.462. The minimum atomic E-state index is -0.851. The van der Waals surface area contributed by atoms with E-state index in [1.807, 2.05) is 11.8 Å². The predicted molar refractivity (Wildman–Crippen MR) is 65.8 cm³/mol. The summed E-state index contributed by atoms with van der Waals surface area (Å²) in [5, 5.41) is 18.2. The van der Waals surface area contributed by atoms with E-state index in [1.165, 1.54) is 12.1 Å². The lowest BCUT2D eigenvalue weighted by atomic mass is 10.1. The Morgan fingerprint density at radius 1 is 1.44 bits per heavy atom. The van der Waals surface area contributed by atoms with E-state index in [9.17, 15) is 14.3 Å². The van der Waals surface area contributed by atoms with Crippen molar-refractivity contribution < 1.29 is 19.4 Å². The van der Waals surface area contributed by atoms with Crippen molar-refractivity contribution in [3.05, 3.63) is 29.6 Å². The average molecular weight is 255 g/mol. The third-order valence-corrected chi connectivity index (χ3v) is 2.75. The van der Waals surface area contributed by atoms with E-state index in [-0.39, 0.29) is 5.75 Å². The zero-order chi connectivity index (χ0) is 13.7. The van der Waals surface area contributed by atoms with Gasteiger partial charge < -0.3 is 10.2 Å². The second-order valence-corrected chi connectivity index (χ2v) is 4.38. The first kappa shape index (κ1) is 14.4. The van der Waals surface area contributed by atoms with Gasteiger partial charge in [-0.05, 0) is 24.2 Å². The molecule has 5 heteroatoms. The van der Waals surface area contributed by atoms with E-state index in [0.29, 0.717) is 25.2 Å². The largest absolute Gasteiger partial charge is 0.508 e. The molecule has 0 saturated heterocycles. The highest BCUT2D eigenvalue weighted by atomic mass is 19.1. The van der Waals surface area contributed by atoms with Gasteiger partial charge in [0, 0.05) is 19.2 Å². The Balaban J connectivity index is 2.70. The van der Waals surface area contributed by atoms with Gasteiger partial charge in [-0.3, -0.25) is 9.69 Å². The van der Waals surface area contributed by atoms with Gasteiger partial charge in [0.2, 0.25) is 0 Å². The van der Waals surface area contributed by atoms with Crippen LogP contribution in [0.1, 0.15) is 19.4 Å². The standard InChI is InChI=1S/C13H18FNO3/c1-3-15(7-9(2)13(17)18)8-10-4-11(14)6-12(16)5-10/h4-6,9,16H,3,7-8H2,1-2H3,(H,17,18). The third-order valence-electron chi connectivity index (χ3n) is 2.75. The van der Waals surface area contributed by atoms with Crippen molar-refractivity contribution in [1.29, 1.82) is 0 Å². The summed E-state index contributed by atoms with van der Waals surface area (Å²) >= 11 is 0. The first-order valence-corrected chi connectivity index (χ1v) is 5.86. The van der Waals surface area contributed by atoms with Crippen LogP contribution in [0.3, 0.4) is 0 Å². The summed E-state index contributed by atoms with van der Waals surface area (Å²) in [6.45, 7) is 5.01. The predicted octanol–water partition coefficient (Wildman–Crippen LogP) is 2.07. The van der Waals surface area contributed by atoms with E-state index in [0.717, 1.165) is 6.07 Å². The molecule has 100 valence electrons. The normalized spacial score (nSPS) is 12.7. The summed E-state index contributed by atoms with van der Waals surface area (Å²) in [6.07, 6.45) is 0. The van der Waals surface area contributed by atoms with Crippen molar-refractivity contribution in [2.75, 3.05) is 13.1 Å². The number of carboxylic acids is 1. The molecule has 1 aromatic rings. The second kappa shape index (κ2) is 6.35. The van der Waals surface area contributed by atoms with Crippen molar-refractivity contribution in [2.24, 2.45) is 5.92 Å². The SMILES string of the molecule is CCN(Cc1cc(O)cc(F)c1)CC(C)C(=O)O. The summed E-state index contributed by atoms with van der Waals surface area (Å²) in [6, 6.07) is 3.87. The fourth-order valence-corrected chi connectivity index (χ4v) is 1.75. The molecule has 18 heavy (non-hydrogen) atoms. The molecule has 0 amide bonds. The maximum absolute atomic E-state index is 13.1. The number of aromatic hydroxyl groups is 1. The number of hydrogen-bond acceptors (Lipinski definition) is 3. The number of benzene rings is 1. The van der Waals surface area contributed by atoms with Gasteiger partial charge in [-0.2, -0.15) is 0 Å². The Morgan fingerprint density at radius 3 is 2.61 bits per heavy atom. The first-order valence-electron chi connectivity index (χ1n) is 5.86. The number of carboxylic acid groups (broad SMARTS) is 1. The van der Waals surface area contributed by atoms with Crippen LogP contribution in [-0.2, 0) is 11.3 Å². The number of aliphatic carboxylic acids is 1. The zero-order valence-electron chi connectivity index (χ0n) is 10.6. The Hall–Kier alpha value is -1.62. The fourth-order valence-electron chi connectivity index (χ4n) is 1.75. The smallest absolute Gasteiger partial charge is 0.307 e. The number of halogens is 1. The van der Waals surface area contributed by atoms with Crippen LogP contribution in [0.2, 0.25) is 0 Å². The quantitative estimate of drug-likeness (QED) is 0.817. The van der Waals surface area contributed by atoms with Crippen LogP contribution in [0.25, 0.3) is 0 Å². The van der Waals surface area contributed by atoms with Crippen LogP contribution < -0.4 is 0 Å². The van der Waals surface area contributed by atoms with E-state index in [4.69, 9.17) is 5.11 Å². The van der Waals surface area contributed by atoms with E-state index in [1.54, 1.807) is 6.92 Å². The number of nitrogens with zero attached hydrogens (tertiary/aromatic N) is 1. The molecular formula is C13H18FNO3. The lowest BCUT2D eigenvalue weighted by Gasteiger charge is -2.22. The zero-order valence-corrected chi connectivity index (χ0v) is 10.6. The van der Waals surface area contributed by atoms with Crippen molar-refractivity contribution >= 4 is 5.97 Å². The van der Waals surface area contributed by atoms with Crippen molar-refractivity contribution in [1.82, 2.24) is 4.90 Å². The van der Waals surface area contributed by atoms with Gasteiger partial charge in [0.15, 0.2) is 0 Å². The topological polar surface area (TPSA) is 60.8 Å². The summed E-state index contributed by atoms with van der Waals surface area (Å²) in [5.41, 5.74) is 0.631. The number of carbonyl (C=O) groups is 1. The summed E-state index contributed by atoms with van der Waals surface area (Å²) in [5.74, 6) is -1.94. The van der Waals surface area contributed by atoms with Crippen molar-refractivity contribution in [2.45, 2.75) is 20.4 Å². The van der Waals surface area contributed by atoms with Gasteiger partial charge in [-0.25, -0.2) is 4.39 Å². The lowest BCUT2D eigenvalue weighted by molar-refractivity contribution is -0.141. The lowest BCUT2D eigenvalue weighted by Crippen LogP contribution is -2.31. The molecule has 0 aromatic heterocycles. The van der Waals surface area contributed by atoms with Gasteiger partial charge in [0.25, 0.3) is 0 Å². The highest BCUT2D eigenvalue weighted by molar-refractivity contribution is 5.69. The molecule has 1 aromatic carbocycles. The maximum atomic E-state index is 13.1. The van der Waals surface area contributed by atoms with Crippen molar-refractivity contribution in [3.8, 4) is 5.75 Å². The molecule has 0 spiro atoms. The van der Waals surface area contributed by atoms with Crippen LogP contribution in [-0.4, -0.2) is 34.2 Å². The van der Waals surface area contributed by atoms with Crippen LogP contribution in [0, 0.1) is 11.7 Å². The van der Waals surface area contributed by atoms with Crippen molar-refractivity contribution in [3.63, 3.8) is 0 Å². The van der Waals surface area contributed by atoms with Crippen LogP contribution in [0.15, 0.2) is 18.2 Å². The van der Waals surface area contributed by atoms with E-state index < -0.39 is 17.7 Å². The molecule has 0 fully saturated rings. The molecule has 2 N–H and O–H groups in total. The molecule has 0 aliphatic carbocycles. The summed E-state index contributed by atoms with van der Waals surface area (Å²) in [4.78, 5) is 12.7. The molecule has 0 aliphatic rings. The van der Waals surface area contributed by atoms with E-state index in [2.05, 4.69) is 0 Å². The molecule has 4 nitrogen and oxygen atoms in total. The summed E-state index contributed by atoms with van der Waals surface area (Å²) < 4.78 is 13.1. The minimum Gasteiger partial charge on any atom is -0.508 e. The van der Waals surface area contributed by atoms with Gasteiger partial charge in [0.05, 0.1) is 5.92 Å². The molecule has 1 atom stereocenters. The molecule has 1 rings (SSSR count). The van der Waals surface area contributed by atoms with Gasteiger partial charge in [0.1, 0.15) is 11.6 Å². The Labute approximate surface area is 106 Å². The second-order valence-electron chi connectivity index (χ2n) is 4.38. The molecular weight excluding hydrogens is 237 g/mol. The van der Waals surface area contributed by atoms with Gasteiger partial charge >= 0.3 is 5.97 Å². The molecule has 0 bridgehead atoms.